The van der Waals surface area contributed by atoms with Crippen LogP contribution in [0.2, 0.25) is 0 Å². The number of unbranched alkanes of at least 4 members (excludes halogenated alkanes) is 10. The SMILES string of the molecule is CCCCCCCP(Cl)(CCCC)(CCCC)CCCCCCC. The number of hydrogen-bond acceptors (Lipinski definition) is 0. The summed E-state index contributed by atoms with van der Waals surface area (Å²) < 4.78 is 0. The normalized spacial score (nSPS) is 13.8. The number of hydrogen-bond donors (Lipinski definition) is 0. The molecule has 0 amide bonds. The molecule has 0 aliphatic heterocycles. The Bertz CT molecular complexity index is 251. The van der Waals surface area contributed by atoms with Crippen molar-refractivity contribution in [3.63, 3.8) is 0 Å². The van der Waals surface area contributed by atoms with Crippen molar-refractivity contribution < 1.29 is 0 Å². The van der Waals surface area contributed by atoms with Crippen LogP contribution < -0.4 is 0 Å². The van der Waals surface area contributed by atoms with E-state index in [4.69, 9.17) is 11.2 Å². The predicted octanol–water partition coefficient (Wildman–Crippen LogP) is 9.23. The molecule has 0 atom stereocenters. The quantitative estimate of drug-likeness (QED) is 0.164. The summed E-state index contributed by atoms with van der Waals surface area (Å²) in [5, 5.41) is 0. The van der Waals surface area contributed by atoms with Gasteiger partial charge in [-0.1, -0.05) is 0 Å². The van der Waals surface area contributed by atoms with E-state index in [1.807, 2.05) is 0 Å². The first-order valence-electron chi connectivity index (χ1n) is 11.3. The molecule has 0 aromatic carbocycles. The van der Waals surface area contributed by atoms with E-state index in [9.17, 15) is 0 Å². The van der Waals surface area contributed by atoms with Gasteiger partial charge in [0, 0.05) is 0 Å². The van der Waals surface area contributed by atoms with Crippen LogP contribution >= 0.6 is 17.2 Å². The van der Waals surface area contributed by atoms with Gasteiger partial charge >= 0.3 is 159 Å². The Morgan fingerprint density at radius 1 is 0.417 bits per heavy atom. The van der Waals surface area contributed by atoms with Crippen molar-refractivity contribution in [2.24, 2.45) is 0 Å². The fourth-order valence-corrected chi connectivity index (χ4v) is 11.0. The molecule has 0 aromatic heterocycles. The van der Waals surface area contributed by atoms with Crippen molar-refractivity contribution in [2.45, 2.75) is 118 Å². The summed E-state index contributed by atoms with van der Waals surface area (Å²) in [4.78, 5) is 0. The van der Waals surface area contributed by atoms with Gasteiger partial charge in [0.1, 0.15) is 0 Å². The molecule has 0 bridgehead atoms. The zero-order chi connectivity index (χ0) is 18.2. The summed E-state index contributed by atoms with van der Waals surface area (Å²) >= 11 is 7.71. The van der Waals surface area contributed by atoms with Crippen LogP contribution in [0.3, 0.4) is 0 Å². The maximum absolute atomic E-state index is 7.71. The molecule has 0 fully saturated rings. The van der Waals surface area contributed by atoms with Crippen LogP contribution in [0.1, 0.15) is 118 Å². The van der Waals surface area contributed by atoms with E-state index in [0.29, 0.717) is 0 Å². The van der Waals surface area contributed by atoms with Crippen LogP contribution in [0.25, 0.3) is 0 Å². The van der Waals surface area contributed by atoms with Crippen LogP contribution in [0.4, 0.5) is 0 Å². The van der Waals surface area contributed by atoms with Gasteiger partial charge in [0.05, 0.1) is 0 Å². The summed E-state index contributed by atoms with van der Waals surface area (Å²) in [6.45, 7) is 9.28. The molecule has 0 radical (unpaired) electrons. The maximum atomic E-state index is 7.71. The second-order valence-electron chi connectivity index (χ2n) is 8.25. The van der Waals surface area contributed by atoms with Crippen molar-refractivity contribution in [3.8, 4) is 0 Å². The van der Waals surface area contributed by atoms with E-state index in [1.165, 1.54) is 115 Å². The Morgan fingerprint density at radius 2 is 0.708 bits per heavy atom. The zero-order valence-electron chi connectivity index (χ0n) is 17.6. The zero-order valence-corrected chi connectivity index (χ0v) is 19.2. The Hall–Kier alpha value is 0.720. The third-order valence-corrected chi connectivity index (χ3v) is 13.5. The minimum atomic E-state index is -1.97. The molecule has 0 aromatic rings. The summed E-state index contributed by atoms with van der Waals surface area (Å²) in [5.74, 6) is -1.97. The third kappa shape index (κ3) is 11.4. The van der Waals surface area contributed by atoms with Crippen molar-refractivity contribution in [3.05, 3.63) is 0 Å². The fourth-order valence-electron chi connectivity index (χ4n) is 4.00. The second-order valence-corrected chi connectivity index (χ2v) is 16.5. The van der Waals surface area contributed by atoms with Gasteiger partial charge in [0.25, 0.3) is 0 Å². The summed E-state index contributed by atoms with van der Waals surface area (Å²) in [6, 6.07) is 0. The summed E-state index contributed by atoms with van der Waals surface area (Å²) in [5.41, 5.74) is 0. The molecule has 0 saturated heterocycles. The van der Waals surface area contributed by atoms with Gasteiger partial charge in [0.2, 0.25) is 0 Å². The second kappa shape index (κ2) is 14.8. The van der Waals surface area contributed by atoms with E-state index < -0.39 is 5.96 Å². The molecule has 0 aliphatic rings. The molecular weight excluding hydrogens is 331 g/mol. The van der Waals surface area contributed by atoms with Crippen LogP contribution in [0.15, 0.2) is 0 Å². The van der Waals surface area contributed by atoms with E-state index in [2.05, 4.69) is 27.7 Å². The van der Waals surface area contributed by atoms with Gasteiger partial charge in [-0.15, -0.1) is 0 Å². The number of halogens is 1. The molecule has 0 aliphatic carbocycles. The van der Waals surface area contributed by atoms with E-state index in [1.54, 1.807) is 0 Å². The molecule has 0 spiro atoms. The molecule has 2 heteroatoms. The third-order valence-electron chi connectivity index (χ3n) is 5.78. The van der Waals surface area contributed by atoms with Crippen LogP contribution in [-0.4, -0.2) is 24.6 Å². The molecule has 0 saturated carbocycles. The van der Waals surface area contributed by atoms with Gasteiger partial charge in [-0.05, 0) is 0 Å². The molecular formula is C22H48ClP. The monoisotopic (exact) mass is 378 g/mol. The van der Waals surface area contributed by atoms with Gasteiger partial charge in [-0.2, -0.15) is 0 Å². The summed E-state index contributed by atoms with van der Waals surface area (Å²) in [6.07, 6.45) is 24.7. The van der Waals surface area contributed by atoms with Gasteiger partial charge in [0.15, 0.2) is 0 Å². The van der Waals surface area contributed by atoms with Gasteiger partial charge < -0.3 is 0 Å². The van der Waals surface area contributed by atoms with Crippen molar-refractivity contribution >= 4 is 17.2 Å². The molecule has 0 rings (SSSR count). The molecule has 148 valence electrons. The Kier molecular flexibility index (Phi) is 15.3. The Balaban J connectivity index is 4.73. The number of rotatable bonds is 18. The predicted molar refractivity (Wildman–Crippen MR) is 120 cm³/mol. The first-order valence-corrected chi connectivity index (χ1v) is 15.1. The topological polar surface area (TPSA) is 0 Å². The van der Waals surface area contributed by atoms with Crippen LogP contribution in [0.5, 0.6) is 0 Å². The van der Waals surface area contributed by atoms with E-state index in [-0.39, 0.29) is 0 Å². The first-order chi connectivity index (χ1) is 11.5. The molecule has 0 unspecified atom stereocenters. The minimum absolute atomic E-state index is 1.31. The Labute approximate surface area is 159 Å². The fraction of sp³-hybridized carbons (Fsp3) is 1.00. The molecule has 0 N–H and O–H groups in total. The molecule has 0 nitrogen and oxygen atoms in total. The van der Waals surface area contributed by atoms with Crippen molar-refractivity contribution in [2.75, 3.05) is 24.6 Å². The summed E-state index contributed by atoms with van der Waals surface area (Å²) in [7, 11) is 0. The van der Waals surface area contributed by atoms with Crippen molar-refractivity contribution in [1.29, 1.82) is 0 Å². The van der Waals surface area contributed by atoms with Crippen LogP contribution in [-0.2, 0) is 0 Å². The molecule has 0 heterocycles. The van der Waals surface area contributed by atoms with Crippen LogP contribution in [0, 0.1) is 0 Å². The average Bonchev–Trinajstić information content (AvgIpc) is 2.59. The van der Waals surface area contributed by atoms with E-state index >= 15 is 0 Å². The van der Waals surface area contributed by atoms with Gasteiger partial charge in [-0.25, -0.2) is 0 Å². The standard InChI is InChI=1S/C22H48ClP/c1-5-9-13-15-17-21-24(23,19-11-7-3,20-12-8-4)22-18-16-14-10-6-2/h5-22H2,1-4H3. The Morgan fingerprint density at radius 3 is 1.04 bits per heavy atom. The first kappa shape index (κ1) is 24.7. The average molecular weight is 379 g/mol. The van der Waals surface area contributed by atoms with Gasteiger partial charge in [-0.3, -0.25) is 0 Å². The van der Waals surface area contributed by atoms with Crippen molar-refractivity contribution in [1.82, 2.24) is 0 Å². The molecule has 24 heavy (non-hydrogen) atoms. The van der Waals surface area contributed by atoms with E-state index in [0.717, 1.165) is 0 Å².